The van der Waals surface area contributed by atoms with Crippen molar-refractivity contribution in [1.82, 2.24) is 4.31 Å². The summed E-state index contributed by atoms with van der Waals surface area (Å²) in [4.78, 5) is 15.0. The molecular weight excluding hydrogens is 422 g/mol. The molecule has 0 unspecified atom stereocenters. The number of aryl methyl sites for hydroxylation is 2. The van der Waals surface area contributed by atoms with E-state index >= 15 is 0 Å². The molecule has 1 aliphatic heterocycles. The van der Waals surface area contributed by atoms with E-state index in [1.807, 2.05) is 45.0 Å². The summed E-state index contributed by atoms with van der Waals surface area (Å²) >= 11 is 6.10. The standard InChI is InChI=1S/C22H28ClN3O3S/c1-15-5-7-19(13-16(15)2)30(28,29)26-11-9-17(10-12-26)22(27)24-20-14-18(23)6-8-21(20)25(3)4/h5-8,13-14,17H,9-12H2,1-4H3,(H,24,27). The van der Waals surface area contributed by atoms with Gasteiger partial charge in [-0.25, -0.2) is 8.42 Å². The third kappa shape index (κ3) is 4.79. The van der Waals surface area contributed by atoms with Crippen molar-refractivity contribution in [3.8, 4) is 0 Å². The second-order valence-corrected chi connectivity index (χ2v) is 10.3. The van der Waals surface area contributed by atoms with Crippen LogP contribution in [0.25, 0.3) is 0 Å². The van der Waals surface area contributed by atoms with Crippen molar-refractivity contribution in [3.05, 3.63) is 52.5 Å². The quantitative estimate of drug-likeness (QED) is 0.747. The molecule has 2 aromatic rings. The van der Waals surface area contributed by atoms with Crippen molar-refractivity contribution in [3.63, 3.8) is 0 Å². The molecule has 30 heavy (non-hydrogen) atoms. The minimum absolute atomic E-state index is 0.108. The second kappa shape index (κ2) is 8.96. The topological polar surface area (TPSA) is 69.7 Å². The average Bonchev–Trinajstić information content (AvgIpc) is 2.69. The maximum absolute atomic E-state index is 13.0. The third-order valence-electron chi connectivity index (χ3n) is 5.64. The van der Waals surface area contributed by atoms with E-state index in [0.29, 0.717) is 41.5 Å². The number of benzene rings is 2. The van der Waals surface area contributed by atoms with Gasteiger partial charge in [-0.2, -0.15) is 4.31 Å². The maximum atomic E-state index is 13.0. The molecule has 0 atom stereocenters. The van der Waals surface area contributed by atoms with Crippen LogP contribution in [0.15, 0.2) is 41.3 Å². The predicted octanol–water partition coefficient (Wildman–Crippen LogP) is 4.06. The van der Waals surface area contributed by atoms with Gasteiger partial charge in [-0.05, 0) is 68.1 Å². The highest BCUT2D eigenvalue weighted by molar-refractivity contribution is 7.89. The van der Waals surface area contributed by atoms with E-state index in [1.165, 1.54) is 4.31 Å². The van der Waals surface area contributed by atoms with E-state index in [2.05, 4.69) is 5.32 Å². The van der Waals surface area contributed by atoms with Crippen molar-refractivity contribution in [2.45, 2.75) is 31.6 Å². The van der Waals surface area contributed by atoms with Gasteiger partial charge in [0.15, 0.2) is 0 Å². The molecule has 0 aliphatic carbocycles. The molecule has 162 valence electrons. The van der Waals surface area contributed by atoms with E-state index in [-0.39, 0.29) is 11.8 Å². The molecule has 8 heteroatoms. The Labute approximate surface area is 183 Å². The summed E-state index contributed by atoms with van der Waals surface area (Å²) in [6.45, 7) is 4.51. The molecule has 2 aromatic carbocycles. The van der Waals surface area contributed by atoms with Crippen LogP contribution in [-0.2, 0) is 14.8 Å². The van der Waals surface area contributed by atoms with Crippen molar-refractivity contribution < 1.29 is 13.2 Å². The lowest BCUT2D eigenvalue weighted by Gasteiger charge is -2.31. The van der Waals surface area contributed by atoms with Crippen LogP contribution in [0.3, 0.4) is 0 Å². The fourth-order valence-electron chi connectivity index (χ4n) is 3.61. The number of hydrogen-bond acceptors (Lipinski definition) is 4. The van der Waals surface area contributed by atoms with Crippen molar-refractivity contribution >= 4 is 38.9 Å². The molecule has 1 heterocycles. The highest BCUT2D eigenvalue weighted by atomic mass is 35.5. The molecule has 1 aliphatic rings. The number of nitrogens with one attached hydrogen (secondary N) is 1. The van der Waals surface area contributed by atoms with Gasteiger partial charge in [-0.3, -0.25) is 4.79 Å². The number of carbonyl (C=O) groups is 1. The van der Waals surface area contributed by atoms with Crippen molar-refractivity contribution in [2.75, 3.05) is 37.4 Å². The van der Waals surface area contributed by atoms with Crippen molar-refractivity contribution in [2.24, 2.45) is 5.92 Å². The van der Waals surface area contributed by atoms with Gasteiger partial charge in [0.1, 0.15) is 0 Å². The molecule has 6 nitrogen and oxygen atoms in total. The lowest BCUT2D eigenvalue weighted by atomic mass is 9.97. The molecule has 0 bridgehead atoms. The molecule has 1 amide bonds. The van der Waals surface area contributed by atoms with E-state index in [1.54, 1.807) is 24.3 Å². The zero-order chi connectivity index (χ0) is 22.1. The maximum Gasteiger partial charge on any atom is 0.243 e. The van der Waals surface area contributed by atoms with Crippen LogP contribution in [0.1, 0.15) is 24.0 Å². The third-order valence-corrected chi connectivity index (χ3v) is 7.77. The van der Waals surface area contributed by atoms with E-state index in [0.717, 1.165) is 16.8 Å². The zero-order valence-corrected chi connectivity index (χ0v) is 19.3. The highest BCUT2D eigenvalue weighted by Gasteiger charge is 2.32. The lowest BCUT2D eigenvalue weighted by molar-refractivity contribution is -0.120. The fourth-order valence-corrected chi connectivity index (χ4v) is 5.34. The summed E-state index contributed by atoms with van der Waals surface area (Å²) in [6.07, 6.45) is 0.960. The van der Waals surface area contributed by atoms with Gasteiger partial charge in [0.05, 0.1) is 16.3 Å². The monoisotopic (exact) mass is 449 g/mol. The lowest BCUT2D eigenvalue weighted by Crippen LogP contribution is -2.41. The van der Waals surface area contributed by atoms with E-state index < -0.39 is 10.0 Å². The largest absolute Gasteiger partial charge is 0.376 e. The Bertz CT molecular complexity index is 1050. The number of hydrogen-bond donors (Lipinski definition) is 1. The van der Waals surface area contributed by atoms with Gasteiger partial charge in [0.25, 0.3) is 0 Å². The smallest absolute Gasteiger partial charge is 0.243 e. The SMILES string of the molecule is Cc1ccc(S(=O)(=O)N2CCC(C(=O)Nc3cc(Cl)ccc3N(C)C)CC2)cc1C. The van der Waals surface area contributed by atoms with Gasteiger partial charge < -0.3 is 10.2 Å². The van der Waals surface area contributed by atoms with Gasteiger partial charge in [-0.1, -0.05) is 17.7 Å². The number of rotatable bonds is 5. The first-order valence-electron chi connectivity index (χ1n) is 9.94. The van der Waals surface area contributed by atoms with E-state index in [4.69, 9.17) is 11.6 Å². The minimum atomic E-state index is -3.56. The van der Waals surface area contributed by atoms with Gasteiger partial charge in [0.2, 0.25) is 15.9 Å². The highest BCUT2D eigenvalue weighted by Crippen LogP contribution is 2.30. The van der Waals surface area contributed by atoms with Gasteiger partial charge >= 0.3 is 0 Å². The normalized spacial score (nSPS) is 15.8. The molecule has 0 aromatic heterocycles. The van der Waals surface area contributed by atoms with Crippen LogP contribution in [-0.4, -0.2) is 45.8 Å². The van der Waals surface area contributed by atoms with Crippen LogP contribution in [0.4, 0.5) is 11.4 Å². The predicted molar refractivity (Wildman–Crippen MR) is 122 cm³/mol. The Kier molecular flexibility index (Phi) is 6.75. The first-order chi connectivity index (χ1) is 14.1. The van der Waals surface area contributed by atoms with Gasteiger partial charge in [0, 0.05) is 38.1 Å². The van der Waals surface area contributed by atoms with Crippen LogP contribution in [0, 0.1) is 19.8 Å². The zero-order valence-electron chi connectivity index (χ0n) is 17.8. The first-order valence-corrected chi connectivity index (χ1v) is 11.8. The van der Waals surface area contributed by atoms with Gasteiger partial charge in [-0.15, -0.1) is 0 Å². The average molecular weight is 450 g/mol. The molecular formula is C22H28ClN3O3S. The number of amides is 1. The molecule has 0 radical (unpaired) electrons. The number of nitrogens with zero attached hydrogens (tertiary/aromatic N) is 2. The van der Waals surface area contributed by atoms with Crippen LogP contribution in [0.2, 0.25) is 5.02 Å². The Morgan fingerprint density at radius 3 is 2.33 bits per heavy atom. The Hall–Kier alpha value is -2.09. The summed E-state index contributed by atoms with van der Waals surface area (Å²) in [5, 5.41) is 3.51. The van der Waals surface area contributed by atoms with Crippen LogP contribution in [0.5, 0.6) is 0 Å². The van der Waals surface area contributed by atoms with Crippen LogP contribution >= 0.6 is 11.6 Å². The van der Waals surface area contributed by atoms with Crippen LogP contribution < -0.4 is 10.2 Å². The number of anilines is 2. The molecule has 0 spiro atoms. The number of halogens is 1. The molecule has 1 fully saturated rings. The number of piperidine rings is 1. The summed E-state index contributed by atoms with van der Waals surface area (Å²) in [6, 6.07) is 10.6. The fraction of sp³-hybridized carbons (Fsp3) is 0.409. The van der Waals surface area contributed by atoms with E-state index in [9.17, 15) is 13.2 Å². The summed E-state index contributed by atoms with van der Waals surface area (Å²) in [5.74, 6) is -0.353. The second-order valence-electron chi connectivity index (χ2n) is 7.97. The molecule has 3 rings (SSSR count). The number of sulfonamides is 1. The number of carbonyl (C=O) groups excluding carboxylic acids is 1. The summed E-state index contributed by atoms with van der Waals surface area (Å²) < 4.78 is 27.4. The van der Waals surface area contributed by atoms with Crippen molar-refractivity contribution in [1.29, 1.82) is 0 Å². The molecule has 0 saturated carbocycles. The summed E-state index contributed by atoms with van der Waals surface area (Å²) in [5.41, 5.74) is 3.52. The summed E-state index contributed by atoms with van der Waals surface area (Å²) in [7, 11) is 0.240. The molecule has 1 N–H and O–H groups in total. The first kappa shape index (κ1) is 22.6. The Balaban J connectivity index is 1.67. The Morgan fingerprint density at radius 1 is 1.07 bits per heavy atom. The Morgan fingerprint density at radius 2 is 1.73 bits per heavy atom. The molecule has 1 saturated heterocycles. The minimum Gasteiger partial charge on any atom is -0.376 e.